The Bertz CT molecular complexity index is 549. The molecule has 0 saturated heterocycles. The van der Waals surface area contributed by atoms with Gasteiger partial charge in [-0.2, -0.15) is 0 Å². The largest absolute Gasteiger partial charge is 0.465 e. The van der Waals surface area contributed by atoms with Gasteiger partial charge in [-0.15, -0.1) is 0 Å². The van der Waals surface area contributed by atoms with Crippen molar-refractivity contribution in [2.45, 2.75) is 24.0 Å². The maximum atomic E-state index is 11.7. The first-order valence-corrected chi connectivity index (χ1v) is 6.90. The second kappa shape index (κ2) is 7.25. The SMILES string of the molecule is CCOC(=O)C(Sc1ccc(Cl)cc1[N+](=O)[O-])C(C)=O. The summed E-state index contributed by atoms with van der Waals surface area (Å²) in [6.07, 6.45) is 0. The van der Waals surface area contributed by atoms with E-state index in [-0.39, 0.29) is 22.2 Å². The number of halogens is 1. The van der Waals surface area contributed by atoms with Crippen LogP contribution in [-0.2, 0) is 14.3 Å². The number of carbonyl (C=O) groups excluding carboxylic acids is 2. The summed E-state index contributed by atoms with van der Waals surface area (Å²) < 4.78 is 4.79. The number of carbonyl (C=O) groups is 2. The minimum absolute atomic E-state index is 0.131. The predicted octanol–water partition coefficient (Wildman–Crippen LogP) is 2.86. The summed E-state index contributed by atoms with van der Waals surface area (Å²) in [7, 11) is 0. The van der Waals surface area contributed by atoms with Crippen molar-refractivity contribution in [1.29, 1.82) is 0 Å². The number of nitro groups is 1. The lowest BCUT2D eigenvalue weighted by Gasteiger charge is -2.12. The Morgan fingerprint density at radius 1 is 1.50 bits per heavy atom. The van der Waals surface area contributed by atoms with Crippen LogP contribution in [0.1, 0.15) is 13.8 Å². The van der Waals surface area contributed by atoms with Crippen molar-refractivity contribution in [2.75, 3.05) is 6.61 Å². The molecule has 1 rings (SSSR count). The second-order valence-electron chi connectivity index (χ2n) is 3.73. The number of rotatable bonds is 6. The fourth-order valence-electron chi connectivity index (χ4n) is 1.37. The molecule has 1 atom stereocenters. The molecule has 0 radical (unpaired) electrons. The van der Waals surface area contributed by atoms with Crippen LogP contribution in [0.25, 0.3) is 0 Å². The Labute approximate surface area is 124 Å². The molecule has 0 saturated carbocycles. The van der Waals surface area contributed by atoms with Crippen LogP contribution in [0.3, 0.4) is 0 Å². The average molecular weight is 318 g/mol. The van der Waals surface area contributed by atoms with Crippen LogP contribution in [0.5, 0.6) is 0 Å². The zero-order valence-corrected chi connectivity index (χ0v) is 12.4. The minimum Gasteiger partial charge on any atom is -0.465 e. The number of hydrogen-bond acceptors (Lipinski definition) is 6. The molecule has 0 heterocycles. The molecule has 1 aromatic rings. The van der Waals surface area contributed by atoms with E-state index in [2.05, 4.69) is 0 Å². The maximum Gasteiger partial charge on any atom is 0.327 e. The van der Waals surface area contributed by atoms with Crippen molar-refractivity contribution in [1.82, 2.24) is 0 Å². The molecule has 0 fully saturated rings. The molecule has 0 aliphatic heterocycles. The van der Waals surface area contributed by atoms with Crippen LogP contribution in [0.15, 0.2) is 23.1 Å². The summed E-state index contributed by atoms with van der Waals surface area (Å²) in [6, 6.07) is 4.03. The average Bonchev–Trinajstić information content (AvgIpc) is 2.36. The van der Waals surface area contributed by atoms with E-state index < -0.39 is 21.9 Å². The Balaban J connectivity index is 3.08. The summed E-state index contributed by atoms with van der Waals surface area (Å²) in [5.74, 6) is -1.15. The predicted molar refractivity (Wildman–Crippen MR) is 75.1 cm³/mol. The lowest BCUT2D eigenvalue weighted by atomic mass is 10.3. The Morgan fingerprint density at radius 2 is 2.15 bits per heavy atom. The zero-order chi connectivity index (χ0) is 15.3. The first-order valence-electron chi connectivity index (χ1n) is 5.64. The maximum absolute atomic E-state index is 11.7. The quantitative estimate of drug-likeness (QED) is 0.263. The lowest BCUT2D eigenvalue weighted by Crippen LogP contribution is -2.27. The number of benzene rings is 1. The number of hydrogen-bond donors (Lipinski definition) is 0. The lowest BCUT2D eigenvalue weighted by molar-refractivity contribution is -0.387. The zero-order valence-electron chi connectivity index (χ0n) is 10.8. The highest BCUT2D eigenvalue weighted by molar-refractivity contribution is 8.01. The van der Waals surface area contributed by atoms with Crippen LogP contribution in [-0.4, -0.2) is 28.5 Å². The molecule has 0 amide bonds. The number of ether oxygens (including phenoxy) is 1. The fourth-order valence-corrected chi connectivity index (χ4v) is 2.53. The summed E-state index contributed by atoms with van der Waals surface area (Å²) in [6.45, 7) is 2.98. The topological polar surface area (TPSA) is 86.5 Å². The normalized spacial score (nSPS) is 11.8. The summed E-state index contributed by atoms with van der Waals surface area (Å²) in [5.41, 5.74) is -0.252. The number of esters is 1. The number of nitrogens with zero attached hydrogens (tertiary/aromatic N) is 1. The van der Waals surface area contributed by atoms with Gasteiger partial charge in [-0.25, -0.2) is 0 Å². The van der Waals surface area contributed by atoms with E-state index in [0.29, 0.717) is 0 Å². The van der Waals surface area contributed by atoms with E-state index in [1.165, 1.54) is 25.1 Å². The standard InChI is InChI=1S/C12H12ClNO5S/c1-3-19-12(16)11(7(2)15)20-10-5-4-8(13)6-9(10)14(17)18/h4-6,11H,3H2,1-2H3. The van der Waals surface area contributed by atoms with Gasteiger partial charge >= 0.3 is 5.97 Å². The van der Waals surface area contributed by atoms with Crippen LogP contribution in [0, 0.1) is 10.1 Å². The summed E-state index contributed by atoms with van der Waals surface area (Å²) in [4.78, 5) is 33.7. The molecule has 0 aromatic heterocycles. The molecular weight excluding hydrogens is 306 g/mol. The van der Waals surface area contributed by atoms with Crippen molar-refractivity contribution < 1.29 is 19.2 Å². The Kier molecular flexibility index (Phi) is 5.97. The monoisotopic (exact) mass is 317 g/mol. The van der Waals surface area contributed by atoms with Gasteiger partial charge in [0.2, 0.25) is 0 Å². The molecular formula is C12H12ClNO5S. The number of nitro benzene ring substituents is 1. The van der Waals surface area contributed by atoms with Gasteiger partial charge in [0.05, 0.1) is 16.4 Å². The van der Waals surface area contributed by atoms with Crippen LogP contribution in [0.4, 0.5) is 5.69 Å². The van der Waals surface area contributed by atoms with Crippen molar-refractivity contribution >= 4 is 40.8 Å². The van der Waals surface area contributed by atoms with Crippen molar-refractivity contribution in [3.05, 3.63) is 33.3 Å². The van der Waals surface area contributed by atoms with Gasteiger partial charge in [0, 0.05) is 11.1 Å². The third kappa shape index (κ3) is 4.21. The van der Waals surface area contributed by atoms with Crippen LogP contribution >= 0.6 is 23.4 Å². The van der Waals surface area contributed by atoms with E-state index in [9.17, 15) is 19.7 Å². The molecule has 0 aliphatic rings. The smallest absolute Gasteiger partial charge is 0.327 e. The van der Waals surface area contributed by atoms with Gasteiger partial charge in [0.1, 0.15) is 0 Å². The number of thioether (sulfide) groups is 1. The first-order chi connectivity index (χ1) is 9.36. The van der Waals surface area contributed by atoms with Gasteiger partial charge in [-0.3, -0.25) is 19.7 Å². The molecule has 0 bridgehead atoms. The van der Waals surface area contributed by atoms with E-state index in [1.54, 1.807) is 6.92 Å². The van der Waals surface area contributed by atoms with Crippen molar-refractivity contribution in [2.24, 2.45) is 0 Å². The minimum atomic E-state index is -1.13. The van der Waals surface area contributed by atoms with Gasteiger partial charge < -0.3 is 4.74 Å². The van der Waals surface area contributed by atoms with Gasteiger partial charge in [0.15, 0.2) is 11.0 Å². The van der Waals surface area contributed by atoms with Crippen LogP contribution < -0.4 is 0 Å². The van der Waals surface area contributed by atoms with E-state index in [1.807, 2.05) is 0 Å². The number of ketones is 1. The molecule has 20 heavy (non-hydrogen) atoms. The summed E-state index contributed by atoms with van der Waals surface area (Å²) in [5, 5.41) is 10.0. The molecule has 1 unspecified atom stereocenters. The van der Waals surface area contributed by atoms with E-state index in [0.717, 1.165) is 11.8 Å². The highest BCUT2D eigenvalue weighted by atomic mass is 35.5. The van der Waals surface area contributed by atoms with Crippen molar-refractivity contribution in [3.63, 3.8) is 0 Å². The molecule has 0 N–H and O–H groups in total. The van der Waals surface area contributed by atoms with Crippen LogP contribution in [0.2, 0.25) is 5.02 Å². The molecule has 8 heteroatoms. The van der Waals surface area contributed by atoms with Gasteiger partial charge in [0.25, 0.3) is 5.69 Å². The number of Topliss-reactive ketones (excluding diaryl/α,β-unsaturated/α-hetero) is 1. The highest BCUT2D eigenvalue weighted by Gasteiger charge is 2.29. The highest BCUT2D eigenvalue weighted by Crippen LogP contribution is 2.34. The Morgan fingerprint density at radius 3 is 2.65 bits per heavy atom. The first kappa shape index (κ1) is 16.5. The Hall–Kier alpha value is -1.60. The molecule has 108 valence electrons. The third-order valence-electron chi connectivity index (χ3n) is 2.23. The molecule has 1 aromatic carbocycles. The second-order valence-corrected chi connectivity index (χ2v) is 5.31. The molecule has 0 aliphatic carbocycles. The summed E-state index contributed by atoms with van der Waals surface area (Å²) >= 11 is 6.48. The fraction of sp³-hybridized carbons (Fsp3) is 0.333. The van der Waals surface area contributed by atoms with E-state index >= 15 is 0 Å². The third-order valence-corrected chi connectivity index (χ3v) is 3.83. The van der Waals surface area contributed by atoms with Gasteiger partial charge in [-0.1, -0.05) is 23.4 Å². The van der Waals surface area contributed by atoms with Crippen molar-refractivity contribution in [3.8, 4) is 0 Å². The molecule has 0 spiro atoms. The van der Waals surface area contributed by atoms with E-state index in [4.69, 9.17) is 16.3 Å². The van der Waals surface area contributed by atoms with Gasteiger partial charge in [-0.05, 0) is 26.0 Å². The molecule has 6 nitrogen and oxygen atoms in total.